The summed E-state index contributed by atoms with van der Waals surface area (Å²) in [4.78, 5) is 14.0. The molecule has 0 saturated carbocycles. The Labute approximate surface area is 109 Å². The fourth-order valence-corrected chi connectivity index (χ4v) is 1.59. The van der Waals surface area contributed by atoms with Crippen molar-refractivity contribution < 1.29 is 4.79 Å². The Bertz CT molecular complexity index is 408. The number of nitrogens with one attached hydrogen (secondary N) is 1. The summed E-state index contributed by atoms with van der Waals surface area (Å²) in [5.41, 5.74) is 7.25. The van der Waals surface area contributed by atoms with E-state index >= 15 is 0 Å². The molecule has 0 aromatic heterocycles. The lowest BCUT2D eigenvalue weighted by Crippen LogP contribution is -2.45. The molecule has 1 aromatic rings. The van der Waals surface area contributed by atoms with Crippen molar-refractivity contribution in [1.29, 1.82) is 0 Å². The lowest BCUT2D eigenvalue weighted by molar-refractivity contribution is 0.0946. The summed E-state index contributed by atoms with van der Waals surface area (Å²) in [6.45, 7) is 5.05. The molecule has 4 heteroatoms. The molecule has 1 aromatic carbocycles. The molecule has 0 radical (unpaired) electrons. The van der Waals surface area contributed by atoms with Gasteiger partial charge in [-0.25, -0.2) is 0 Å². The molecule has 1 rings (SSSR count). The van der Waals surface area contributed by atoms with Crippen LogP contribution in [0.4, 0.5) is 0 Å². The maximum absolute atomic E-state index is 11.9. The minimum atomic E-state index is -0.392. The number of benzene rings is 1. The van der Waals surface area contributed by atoms with Crippen LogP contribution in [0.5, 0.6) is 0 Å². The minimum absolute atomic E-state index is 0.0749. The molecule has 0 spiro atoms. The highest BCUT2D eigenvalue weighted by atomic mass is 16.1. The van der Waals surface area contributed by atoms with Crippen LogP contribution in [0.2, 0.25) is 0 Å². The van der Waals surface area contributed by atoms with Gasteiger partial charge in [-0.3, -0.25) is 4.79 Å². The quantitative estimate of drug-likeness (QED) is 0.825. The first kappa shape index (κ1) is 14.7. The van der Waals surface area contributed by atoms with Crippen molar-refractivity contribution in [2.24, 2.45) is 5.73 Å². The van der Waals surface area contributed by atoms with Crippen molar-refractivity contribution in [1.82, 2.24) is 10.2 Å². The van der Waals surface area contributed by atoms with Crippen LogP contribution in [-0.4, -0.2) is 37.0 Å². The van der Waals surface area contributed by atoms with Gasteiger partial charge in [-0.05, 0) is 45.6 Å². The molecule has 0 fully saturated rings. The van der Waals surface area contributed by atoms with Crippen LogP contribution in [-0.2, 0) is 6.54 Å². The van der Waals surface area contributed by atoms with Gasteiger partial charge in [0.05, 0.1) is 0 Å². The third kappa shape index (κ3) is 5.29. The summed E-state index contributed by atoms with van der Waals surface area (Å²) >= 11 is 0. The lowest BCUT2D eigenvalue weighted by atomic mass is 10.1. The zero-order valence-electron chi connectivity index (χ0n) is 11.7. The molecular formula is C14H23N3O. The van der Waals surface area contributed by atoms with Crippen LogP contribution < -0.4 is 11.1 Å². The zero-order chi connectivity index (χ0) is 13.8. The summed E-state index contributed by atoms with van der Waals surface area (Å²) in [6, 6.07) is 7.65. The molecular weight excluding hydrogens is 226 g/mol. The summed E-state index contributed by atoms with van der Waals surface area (Å²) in [5, 5.41) is 2.84. The molecule has 18 heavy (non-hydrogen) atoms. The van der Waals surface area contributed by atoms with Crippen molar-refractivity contribution in [2.45, 2.75) is 25.9 Å². The molecule has 0 heterocycles. The van der Waals surface area contributed by atoms with Crippen LogP contribution >= 0.6 is 0 Å². The fourth-order valence-electron chi connectivity index (χ4n) is 1.59. The molecule has 100 valence electrons. The third-order valence-corrected chi connectivity index (χ3v) is 2.39. The van der Waals surface area contributed by atoms with Crippen molar-refractivity contribution in [2.75, 3.05) is 20.6 Å². The molecule has 0 unspecified atom stereocenters. The number of hydrogen-bond acceptors (Lipinski definition) is 3. The maximum atomic E-state index is 11.9. The van der Waals surface area contributed by atoms with Crippen LogP contribution in [0.3, 0.4) is 0 Å². The highest BCUT2D eigenvalue weighted by molar-refractivity contribution is 5.94. The van der Waals surface area contributed by atoms with Gasteiger partial charge in [-0.1, -0.05) is 12.1 Å². The predicted molar refractivity (Wildman–Crippen MR) is 74.4 cm³/mol. The summed E-state index contributed by atoms with van der Waals surface area (Å²) in [7, 11) is 4.01. The summed E-state index contributed by atoms with van der Waals surface area (Å²) < 4.78 is 0. The number of nitrogens with two attached hydrogens (primary N) is 1. The van der Waals surface area contributed by atoms with E-state index in [-0.39, 0.29) is 5.91 Å². The fraction of sp³-hybridized carbons (Fsp3) is 0.500. The second kappa shape index (κ2) is 5.98. The normalized spacial score (nSPS) is 11.7. The lowest BCUT2D eigenvalue weighted by Gasteiger charge is -2.19. The molecule has 0 bridgehead atoms. The third-order valence-electron chi connectivity index (χ3n) is 2.39. The molecule has 1 amide bonds. The van der Waals surface area contributed by atoms with Crippen LogP contribution in [0.25, 0.3) is 0 Å². The van der Waals surface area contributed by atoms with E-state index in [1.54, 1.807) is 0 Å². The van der Waals surface area contributed by atoms with Gasteiger partial charge in [-0.15, -0.1) is 0 Å². The Morgan fingerprint density at radius 1 is 1.39 bits per heavy atom. The van der Waals surface area contributed by atoms with Crippen LogP contribution in [0.15, 0.2) is 24.3 Å². The number of carbonyl (C=O) groups is 1. The van der Waals surface area contributed by atoms with Crippen molar-refractivity contribution in [3.8, 4) is 0 Å². The van der Waals surface area contributed by atoms with Crippen LogP contribution in [0.1, 0.15) is 29.8 Å². The van der Waals surface area contributed by atoms with E-state index in [2.05, 4.69) is 10.2 Å². The molecule has 0 aliphatic carbocycles. The van der Waals surface area contributed by atoms with Crippen LogP contribution in [0, 0.1) is 0 Å². The Morgan fingerprint density at radius 2 is 2.06 bits per heavy atom. The van der Waals surface area contributed by atoms with Gasteiger partial charge in [0.25, 0.3) is 5.91 Å². The monoisotopic (exact) mass is 249 g/mol. The average molecular weight is 249 g/mol. The smallest absolute Gasteiger partial charge is 0.251 e. The van der Waals surface area contributed by atoms with E-state index in [1.807, 2.05) is 52.2 Å². The average Bonchev–Trinajstić information content (AvgIpc) is 2.24. The molecule has 3 N–H and O–H groups in total. The van der Waals surface area contributed by atoms with Gasteiger partial charge in [0, 0.05) is 24.2 Å². The van der Waals surface area contributed by atoms with Gasteiger partial charge in [0.15, 0.2) is 0 Å². The Balaban J connectivity index is 2.68. The first-order valence-electron chi connectivity index (χ1n) is 6.09. The first-order valence-corrected chi connectivity index (χ1v) is 6.09. The first-order chi connectivity index (χ1) is 8.28. The van der Waals surface area contributed by atoms with Gasteiger partial charge in [0.2, 0.25) is 0 Å². The van der Waals surface area contributed by atoms with E-state index in [0.29, 0.717) is 12.1 Å². The van der Waals surface area contributed by atoms with Gasteiger partial charge in [-0.2, -0.15) is 0 Å². The van der Waals surface area contributed by atoms with E-state index in [1.165, 1.54) is 0 Å². The molecule has 0 atom stereocenters. The Hall–Kier alpha value is -1.39. The highest BCUT2D eigenvalue weighted by Crippen LogP contribution is 2.07. The van der Waals surface area contributed by atoms with Crippen molar-refractivity contribution in [3.63, 3.8) is 0 Å². The van der Waals surface area contributed by atoms with E-state index in [0.717, 1.165) is 12.1 Å². The molecule has 0 aliphatic rings. The molecule has 0 saturated heterocycles. The number of hydrogen-bond donors (Lipinski definition) is 2. The van der Waals surface area contributed by atoms with Gasteiger partial charge >= 0.3 is 0 Å². The SMILES string of the molecule is CN(C)Cc1cccc(C(=O)NCC(C)(C)N)c1. The van der Waals surface area contributed by atoms with Crippen molar-refractivity contribution in [3.05, 3.63) is 35.4 Å². The molecule has 0 aliphatic heterocycles. The predicted octanol–water partition coefficient (Wildman–Crippen LogP) is 1.22. The Morgan fingerprint density at radius 3 is 2.61 bits per heavy atom. The Kier molecular flexibility index (Phi) is 4.87. The van der Waals surface area contributed by atoms with Gasteiger partial charge in [0.1, 0.15) is 0 Å². The topological polar surface area (TPSA) is 58.4 Å². The standard InChI is InChI=1S/C14H23N3O/c1-14(2,15)10-16-13(18)12-7-5-6-11(8-12)9-17(3)4/h5-8H,9-10,15H2,1-4H3,(H,16,18). The number of rotatable bonds is 5. The zero-order valence-corrected chi connectivity index (χ0v) is 11.7. The van der Waals surface area contributed by atoms with Crippen molar-refractivity contribution >= 4 is 5.91 Å². The number of amides is 1. The summed E-state index contributed by atoms with van der Waals surface area (Å²) in [5.74, 6) is -0.0749. The minimum Gasteiger partial charge on any atom is -0.350 e. The summed E-state index contributed by atoms with van der Waals surface area (Å²) in [6.07, 6.45) is 0. The highest BCUT2D eigenvalue weighted by Gasteiger charge is 2.13. The van der Waals surface area contributed by atoms with Gasteiger partial charge < -0.3 is 16.0 Å². The maximum Gasteiger partial charge on any atom is 0.251 e. The van der Waals surface area contributed by atoms with E-state index < -0.39 is 5.54 Å². The second-order valence-corrected chi connectivity index (χ2v) is 5.61. The number of carbonyl (C=O) groups excluding carboxylic acids is 1. The van der Waals surface area contributed by atoms with E-state index in [4.69, 9.17) is 5.73 Å². The second-order valence-electron chi connectivity index (χ2n) is 5.61. The van der Waals surface area contributed by atoms with E-state index in [9.17, 15) is 4.79 Å². The molecule has 4 nitrogen and oxygen atoms in total. The number of nitrogens with zero attached hydrogens (tertiary/aromatic N) is 1. The largest absolute Gasteiger partial charge is 0.350 e.